The average molecular weight is 456 g/mol. The fourth-order valence-corrected chi connectivity index (χ4v) is 3.06. The summed E-state index contributed by atoms with van der Waals surface area (Å²) < 4.78 is 16.5. The lowest BCUT2D eigenvalue weighted by Gasteiger charge is -2.13. The maximum absolute atomic E-state index is 12.5. The van der Waals surface area contributed by atoms with Gasteiger partial charge < -0.3 is 19.5 Å². The molecular formula is C26H33NO6. The Kier molecular flexibility index (Phi) is 10.9. The maximum atomic E-state index is 12.5. The summed E-state index contributed by atoms with van der Waals surface area (Å²) in [6.07, 6.45) is 3.56. The SMILES string of the molecule is CCCCOc1ccc(C(=O)OCC(=O)c2ccc(CCCNC(C)=O)cc2)cc1OCC. The number of Topliss-reactive ketones (excluding diaryl/α,β-unsaturated/α-hetero) is 1. The summed E-state index contributed by atoms with van der Waals surface area (Å²) in [4.78, 5) is 35.8. The van der Waals surface area contributed by atoms with Crippen LogP contribution in [-0.2, 0) is 16.0 Å². The van der Waals surface area contributed by atoms with Gasteiger partial charge in [-0.25, -0.2) is 4.79 Å². The number of carbonyl (C=O) groups excluding carboxylic acids is 3. The Bertz CT molecular complexity index is 923. The molecule has 0 bridgehead atoms. The number of hydrogen-bond donors (Lipinski definition) is 1. The first-order valence-electron chi connectivity index (χ1n) is 11.4. The van der Waals surface area contributed by atoms with E-state index in [-0.39, 0.29) is 18.3 Å². The number of hydrogen-bond acceptors (Lipinski definition) is 6. The molecule has 0 heterocycles. The standard InChI is InChI=1S/C26H33NO6/c1-4-6-16-32-24-14-13-22(17-25(24)31-5-2)26(30)33-18-23(29)21-11-9-20(10-12-21)8-7-15-27-19(3)28/h9-14,17H,4-8,15-16,18H2,1-3H3,(H,27,28). The molecule has 0 aliphatic heterocycles. The van der Waals surface area contributed by atoms with Crippen molar-refractivity contribution in [2.75, 3.05) is 26.4 Å². The minimum atomic E-state index is -0.598. The second-order valence-corrected chi connectivity index (χ2v) is 7.58. The molecule has 0 atom stereocenters. The highest BCUT2D eigenvalue weighted by molar-refractivity contribution is 5.99. The second-order valence-electron chi connectivity index (χ2n) is 7.58. The number of benzene rings is 2. The Morgan fingerprint density at radius 3 is 2.27 bits per heavy atom. The van der Waals surface area contributed by atoms with Gasteiger partial charge >= 0.3 is 5.97 Å². The van der Waals surface area contributed by atoms with E-state index in [2.05, 4.69) is 12.2 Å². The lowest BCUT2D eigenvalue weighted by Crippen LogP contribution is -2.21. The van der Waals surface area contributed by atoms with Crippen molar-refractivity contribution in [1.29, 1.82) is 0 Å². The molecular weight excluding hydrogens is 422 g/mol. The van der Waals surface area contributed by atoms with Crippen molar-refractivity contribution in [3.63, 3.8) is 0 Å². The quantitative estimate of drug-likeness (QED) is 0.258. The summed E-state index contributed by atoms with van der Waals surface area (Å²) in [5.41, 5.74) is 1.84. The maximum Gasteiger partial charge on any atom is 0.338 e. The highest BCUT2D eigenvalue weighted by Gasteiger charge is 2.15. The molecule has 0 fully saturated rings. The Morgan fingerprint density at radius 1 is 0.879 bits per heavy atom. The molecule has 2 rings (SSSR count). The molecule has 1 amide bonds. The van der Waals surface area contributed by atoms with Gasteiger partial charge in [-0.15, -0.1) is 0 Å². The normalized spacial score (nSPS) is 10.4. The third-order valence-electron chi connectivity index (χ3n) is 4.86. The molecule has 0 aliphatic carbocycles. The highest BCUT2D eigenvalue weighted by Crippen LogP contribution is 2.29. The average Bonchev–Trinajstić information content (AvgIpc) is 2.81. The second kappa shape index (κ2) is 13.9. The van der Waals surface area contributed by atoms with Crippen LogP contribution in [0.25, 0.3) is 0 Å². The van der Waals surface area contributed by atoms with Gasteiger partial charge in [-0.2, -0.15) is 0 Å². The predicted octanol–water partition coefficient (Wildman–Crippen LogP) is 4.37. The molecule has 0 saturated carbocycles. The number of amides is 1. The van der Waals surface area contributed by atoms with E-state index >= 15 is 0 Å². The van der Waals surface area contributed by atoms with E-state index in [1.165, 1.54) is 6.92 Å². The van der Waals surface area contributed by atoms with Gasteiger partial charge in [0.1, 0.15) is 0 Å². The number of unbranched alkanes of at least 4 members (excludes halogenated alkanes) is 1. The van der Waals surface area contributed by atoms with E-state index in [1.807, 2.05) is 19.1 Å². The van der Waals surface area contributed by atoms with Gasteiger partial charge in [0.2, 0.25) is 5.91 Å². The molecule has 0 unspecified atom stereocenters. The van der Waals surface area contributed by atoms with Crippen LogP contribution in [0, 0.1) is 0 Å². The van der Waals surface area contributed by atoms with E-state index in [0.29, 0.717) is 42.4 Å². The van der Waals surface area contributed by atoms with Crippen LogP contribution in [0.5, 0.6) is 11.5 Å². The minimum Gasteiger partial charge on any atom is -0.490 e. The molecule has 0 aliphatic rings. The predicted molar refractivity (Wildman–Crippen MR) is 126 cm³/mol. The fourth-order valence-electron chi connectivity index (χ4n) is 3.06. The summed E-state index contributed by atoms with van der Waals surface area (Å²) in [7, 11) is 0. The van der Waals surface area contributed by atoms with Gasteiger partial charge in [-0.05, 0) is 49.9 Å². The first-order valence-corrected chi connectivity index (χ1v) is 11.4. The van der Waals surface area contributed by atoms with Crippen LogP contribution in [0.4, 0.5) is 0 Å². The van der Waals surface area contributed by atoms with Crippen LogP contribution in [0.2, 0.25) is 0 Å². The first kappa shape index (κ1) is 25.9. The van der Waals surface area contributed by atoms with Crippen LogP contribution in [0.15, 0.2) is 42.5 Å². The van der Waals surface area contributed by atoms with Crippen LogP contribution >= 0.6 is 0 Å². The largest absolute Gasteiger partial charge is 0.490 e. The number of ketones is 1. The van der Waals surface area contributed by atoms with Gasteiger partial charge in [0.15, 0.2) is 23.9 Å². The molecule has 33 heavy (non-hydrogen) atoms. The van der Waals surface area contributed by atoms with Gasteiger partial charge in [0, 0.05) is 19.0 Å². The van der Waals surface area contributed by atoms with Crippen LogP contribution < -0.4 is 14.8 Å². The molecule has 178 valence electrons. The molecule has 2 aromatic rings. The van der Waals surface area contributed by atoms with Crippen molar-refractivity contribution in [3.8, 4) is 11.5 Å². The van der Waals surface area contributed by atoms with Gasteiger partial charge in [0.25, 0.3) is 0 Å². The highest BCUT2D eigenvalue weighted by atomic mass is 16.5. The molecule has 7 heteroatoms. The Balaban J connectivity index is 1.89. The van der Waals surface area contributed by atoms with Crippen molar-refractivity contribution < 1.29 is 28.6 Å². The number of aryl methyl sites for hydroxylation is 1. The topological polar surface area (TPSA) is 90.9 Å². The number of carbonyl (C=O) groups is 3. The van der Waals surface area contributed by atoms with E-state index in [1.54, 1.807) is 30.3 Å². The zero-order valence-corrected chi connectivity index (χ0v) is 19.6. The van der Waals surface area contributed by atoms with Crippen LogP contribution in [-0.4, -0.2) is 44.0 Å². The summed E-state index contributed by atoms with van der Waals surface area (Å²) in [6.45, 7) is 6.70. The third kappa shape index (κ3) is 8.96. The van der Waals surface area contributed by atoms with E-state index in [9.17, 15) is 14.4 Å². The molecule has 1 N–H and O–H groups in total. The summed E-state index contributed by atoms with van der Waals surface area (Å²) in [6, 6.07) is 12.0. The molecule has 0 spiro atoms. The lowest BCUT2D eigenvalue weighted by atomic mass is 10.1. The van der Waals surface area contributed by atoms with E-state index in [0.717, 1.165) is 31.2 Å². The summed E-state index contributed by atoms with van der Waals surface area (Å²) >= 11 is 0. The van der Waals surface area contributed by atoms with Crippen molar-refractivity contribution in [2.24, 2.45) is 0 Å². The molecule has 2 aromatic carbocycles. The summed E-state index contributed by atoms with van der Waals surface area (Å²) in [5, 5.41) is 2.75. The van der Waals surface area contributed by atoms with Crippen molar-refractivity contribution in [3.05, 3.63) is 59.2 Å². The summed E-state index contributed by atoms with van der Waals surface area (Å²) in [5.74, 6) is 0.131. The Labute approximate surface area is 195 Å². The zero-order valence-electron chi connectivity index (χ0n) is 19.6. The monoisotopic (exact) mass is 455 g/mol. The van der Waals surface area contributed by atoms with E-state index in [4.69, 9.17) is 14.2 Å². The lowest BCUT2D eigenvalue weighted by molar-refractivity contribution is -0.118. The smallest absolute Gasteiger partial charge is 0.338 e. The minimum absolute atomic E-state index is 0.0455. The first-order chi connectivity index (χ1) is 15.9. The number of nitrogens with one attached hydrogen (secondary N) is 1. The number of ether oxygens (including phenoxy) is 3. The zero-order chi connectivity index (χ0) is 24.1. The van der Waals surface area contributed by atoms with Crippen molar-refractivity contribution >= 4 is 17.7 Å². The van der Waals surface area contributed by atoms with Gasteiger partial charge in [0.05, 0.1) is 18.8 Å². The molecule has 7 nitrogen and oxygen atoms in total. The molecule has 0 radical (unpaired) electrons. The van der Waals surface area contributed by atoms with Crippen LogP contribution in [0.1, 0.15) is 66.3 Å². The number of rotatable bonds is 14. The fraction of sp³-hybridized carbons (Fsp3) is 0.423. The Morgan fingerprint density at radius 2 is 1.61 bits per heavy atom. The Hall–Kier alpha value is -3.35. The van der Waals surface area contributed by atoms with Crippen LogP contribution in [0.3, 0.4) is 0 Å². The van der Waals surface area contributed by atoms with E-state index < -0.39 is 5.97 Å². The molecule has 0 aromatic heterocycles. The number of esters is 1. The van der Waals surface area contributed by atoms with Gasteiger partial charge in [-0.1, -0.05) is 37.6 Å². The van der Waals surface area contributed by atoms with Crippen molar-refractivity contribution in [2.45, 2.75) is 46.5 Å². The molecule has 0 saturated heterocycles. The van der Waals surface area contributed by atoms with Gasteiger partial charge in [-0.3, -0.25) is 9.59 Å². The third-order valence-corrected chi connectivity index (χ3v) is 4.86. The van der Waals surface area contributed by atoms with Crippen molar-refractivity contribution in [1.82, 2.24) is 5.32 Å².